The van der Waals surface area contributed by atoms with Crippen molar-refractivity contribution < 1.29 is 19.4 Å². The van der Waals surface area contributed by atoms with Crippen LogP contribution in [0.2, 0.25) is 0 Å². The number of thiophene rings is 1. The molecule has 2 aliphatic heterocycles. The van der Waals surface area contributed by atoms with Crippen LogP contribution in [0.1, 0.15) is 44.5 Å². The summed E-state index contributed by atoms with van der Waals surface area (Å²) < 4.78 is 0. The average Bonchev–Trinajstić information content (AvgIpc) is 3.32. The van der Waals surface area contributed by atoms with E-state index in [1.807, 2.05) is 11.4 Å². The minimum Gasteiger partial charge on any atom is -0.311 e. The van der Waals surface area contributed by atoms with E-state index in [1.165, 1.54) is 32.9 Å². The molecular formula is C17H16N3O4S+. The van der Waals surface area contributed by atoms with Gasteiger partial charge in [0, 0.05) is 25.0 Å². The fourth-order valence-corrected chi connectivity index (χ4v) is 4.59. The number of nitro benzene ring substituents is 1. The topological polar surface area (TPSA) is 85.0 Å². The van der Waals surface area contributed by atoms with Gasteiger partial charge in [0.05, 0.1) is 27.5 Å². The second kappa shape index (κ2) is 6.05. The van der Waals surface area contributed by atoms with E-state index < -0.39 is 10.8 Å². The molecule has 0 spiro atoms. The van der Waals surface area contributed by atoms with Crippen LogP contribution in [-0.4, -0.2) is 34.9 Å². The molecule has 0 radical (unpaired) electrons. The molecule has 8 heteroatoms. The number of hydrogen-bond donors (Lipinski definition) is 1. The fraction of sp³-hybridized carbons (Fsp3) is 0.294. The maximum Gasteiger partial charge on any atom is 0.270 e. The maximum atomic E-state index is 12.6. The molecule has 1 saturated heterocycles. The number of likely N-dealkylation sites (tertiary alicyclic amines) is 1. The van der Waals surface area contributed by atoms with Crippen molar-refractivity contribution in [1.82, 2.24) is 4.90 Å². The lowest BCUT2D eigenvalue weighted by molar-refractivity contribution is -0.925. The van der Waals surface area contributed by atoms with Gasteiger partial charge in [0.15, 0.2) is 6.67 Å². The van der Waals surface area contributed by atoms with Gasteiger partial charge in [0.1, 0.15) is 6.04 Å². The second-order valence-corrected chi connectivity index (χ2v) is 7.28. The first-order valence-corrected chi connectivity index (χ1v) is 8.97. The lowest BCUT2D eigenvalue weighted by Gasteiger charge is -2.24. The van der Waals surface area contributed by atoms with E-state index in [-0.39, 0.29) is 22.7 Å². The van der Waals surface area contributed by atoms with Crippen molar-refractivity contribution in [1.29, 1.82) is 0 Å². The van der Waals surface area contributed by atoms with Crippen LogP contribution in [0.4, 0.5) is 5.69 Å². The van der Waals surface area contributed by atoms with Crippen molar-refractivity contribution in [2.24, 2.45) is 0 Å². The van der Waals surface area contributed by atoms with Crippen molar-refractivity contribution in [3.8, 4) is 0 Å². The monoisotopic (exact) mass is 358 g/mol. The Labute approximate surface area is 147 Å². The molecule has 25 heavy (non-hydrogen) atoms. The molecule has 1 unspecified atom stereocenters. The molecule has 2 amide bonds. The van der Waals surface area contributed by atoms with Crippen LogP contribution in [0.25, 0.3) is 0 Å². The molecule has 0 bridgehead atoms. The van der Waals surface area contributed by atoms with Crippen molar-refractivity contribution in [3.05, 3.63) is 61.8 Å². The molecule has 0 saturated carbocycles. The van der Waals surface area contributed by atoms with Crippen LogP contribution in [0.5, 0.6) is 0 Å². The number of amides is 2. The second-order valence-electron chi connectivity index (χ2n) is 6.30. The number of carbonyl (C=O) groups is 2. The first kappa shape index (κ1) is 15.9. The minimum atomic E-state index is -0.556. The molecule has 3 heterocycles. The third kappa shape index (κ3) is 2.63. The molecule has 1 fully saturated rings. The molecule has 2 atom stereocenters. The molecular weight excluding hydrogens is 342 g/mol. The van der Waals surface area contributed by atoms with Crippen LogP contribution < -0.4 is 4.90 Å². The summed E-state index contributed by atoms with van der Waals surface area (Å²) in [5.41, 5.74) is 0.207. The van der Waals surface area contributed by atoms with Gasteiger partial charge in [-0.15, -0.1) is 11.3 Å². The van der Waals surface area contributed by atoms with Crippen molar-refractivity contribution >= 4 is 28.8 Å². The van der Waals surface area contributed by atoms with Crippen molar-refractivity contribution in [2.75, 3.05) is 13.2 Å². The number of nitrogens with one attached hydrogen (secondary N) is 1. The Kier molecular flexibility index (Phi) is 3.85. The Morgan fingerprint density at radius 1 is 1.24 bits per heavy atom. The number of imide groups is 1. The Morgan fingerprint density at radius 2 is 2.04 bits per heavy atom. The number of non-ortho nitro benzene ring substituents is 1. The Balaban J connectivity index is 1.58. The summed E-state index contributed by atoms with van der Waals surface area (Å²) in [5.74, 6) is -0.799. The molecule has 0 aliphatic carbocycles. The van der Waals surface area contributed by atoms with Gasteiger partial charge in [-0.1, -0.05) is 6.07 Å². The number of carbonyl (C=O) groups excluding carboxylic acids is 2. The van der Waals surface area contributed by atoms with Crippen LogP contribution in [-0.2, 0) is 0 Å². The zero-order chi connectivity index (χ0) is 17.6. The van der Waals surface area contributed by atoms with Crippen molar-refractivity contribution in [2.45, 2.75) is 18.9 Å². The molecule has 2 aliphatic rings. The SMILES string of the molecule is O=C1c2ccc([N+](=O)[O-])cc2C(=O)N1C[NH+]1CCC[C@@H]1c1cccs1. The van der Waals surface area contributed by atoms with E-state index in [0.717, 1.165) is 19.4 Å². The van der Waals surface area contributed by atoms with Gasteiger partial charge < -0.3 is 4.90 Å². The van der Waals surface area contributed by atoms with Gasteiger partial charge in [0.25, 0.3) is 17.5 Å². The number of nitro groups is 1. The quantitative estimate of drug-likeness (QED) is 0.511. The predicted octanol–water partition coefficient (Wildman–Crippen LogP) is 1.63. The van der Waals surface area contributed by atoms with Gasteiger partial charge in [-0.25, -0.2) is 4.90 Å². The molecule has 1 aromatic heterocycles. The van der Waals surface area contributed by atoms with E-state index in [2.05, 4.69) is 6.07 Å². The molecule has 128 valence electrons. The zero-order valence-corrected chi connectivity index (χ0v) is 14.1. The van der Waals surface area contributed by atoms with Gasteiger partial charge >= 0.3 is 0 Å². The van der Waals surface area contributed by atoms with Gasteiger partial charge in [-0.3, -0.25) is 19.7 Å². The van der Waals surface area contributed by atoms with Crippen LogP contribution in [0.15, 0.2) is 35.7 Å². The summed E-state index contributed by atoms with van der Waals surface area (Å²) in [6, 6.07) is 8.24. The molecule has 4 rings (SSSR count). The lowest BCUT2D eigenvalue weighted by Crippen LogP contribution is -3.12. The summed E-state index contributed by atoms with van der Waals surface area (Å²) in [7, 11) is 0. The largest absolute Gasteiger partial charge is 0.311 e. The first-order chi connectivity index (χ1) is 12.1. The zero-order valence-electron chi connectivity index (χ0n) is 13.3. The molecule has 1 N–H and O–H groups in total. The van der Waals surface area contributed by atoms with Crippen LogP contribution in [0, 0.1) is 10.1 Å². The highest BCUT2D eigenvalue weighted by atomic mass is 32.1. The smallest absolute Gasteiger partial charge is 0.270 e. The first-order valence-electron chi connectivity index (χ1n) is 8.09. The van der Waals surface area contributed by atoms with Gasteiger partial charge in [-0.05, 0) is 17.5 Å². The third-order valence-corrected chi connectivity index (χ3v) is 5.88. The summed E-state index contributed by atoms with van der Waals surface area (Å²) in [4.78, 5) is 39.3. The number of hydrogen-bond acceptors (Lipinski definition) is 5. The number of nitrogens with zero attached hydrogens (tertiary/aromatic N) is 2. The Bertz CT molecular complexity index is 865. The number of fused-ring (bicyclic) bond motifs is 1. The Hall–Kier alpha value is -2.58. The van der Waals surface area contributed by atoms with E-state index in [1.54, 1.807) is 11.3 Å². The van der Waals surface area contributed by atoms with E-state index in [4.69, 9.17) is 0 Å². The molecule has 1 aromatic carbocycles. The minimum absolute atomic E-state index is 0.130. The highest BCUT2D eigenvalue weighted by Crippen LogP contribution is 2.27. The van der Waals surface area contributed by atoms with E-state index in [0.29, 0.717) is 12.7 Å². The highest BCUT2D eigenvalue weighted by Gasteiger charge is 2.41. The maximum absolute atomic E-state index is 12.6. The summed E-state index contributed by atoms with van der Waals surface area (Å²) >= 11 is 1.69. The highest BCUT2D eigenvalue weighted by molar-refractivity contribution is 7.10. The van der Waals surface area contributed by atoms with Gasteiger partial charge in [0.2, 0.25) is 0 Å². The van der Waals surface area contributed by atoms with Crippen LogP contribution in [0.3, 0.4) is 0 Å². The lowest BCUT2D eigenvalue weighted by atomic mass is 10.1. The number of quaternary nitrogens is 1. The summed E-state index contributed by atoms with van der Waals surface area (Å²) in [5, 5.41) is 13.0. The molecule has 2 aromatic rings. The third-order valence-electron chi connectivity index (χ3n) is 4.90. The number of benzene rings is 1. The summed E-state index contributed by atoms with van der Waals surface area (Å²) in [6.45, 7) is 1.19. The predicted molar refractivity (Wildman–Crippen MR) is 90.6 cm³/mol. The van der Waals surface area contributed by atoms with Gasteiger partial charge in [-0.2, -0.15) is 0 Å². The van der Waals surface area contributed by atoms with Crippen LogP contribution >= 0.6 is 11.3 Å². The fourth-order valence-electron chi connectivity index (χ4n) is 3.67. The number of rotatable bonds is 4. The summed E-state index contributed by atoms with van der Waals surface area (Å²) in [6.07, 6.45) is 2.08. The molecule has 7 nitrogen and oxygen atoms in total. The van der Waals surface area contributed by atoms with Crippen molar-refractivity contribution in [3.63, 3.8) is 0 Å². The Morgan fingerprint density at radius 3 is 2.76 bits per heavy atom. The normalized spacial score (nSPS) is 22.5. The average molecular weight is 358 g/mol. The van der Waals surface area contributed by atoms with E-state index >= 15 is 0 Å². The van der Waals surface area contributed by atoms with E-state index in [9.17, 15) is 19.7 Å². The standard InChI is InChI=1S/C17H15N3O4S/c21-16-12-6-5-11(20(23)24)9-13(12)17(22)19(16)10-18-7-1-3-14(18)15-4-2-8-25-15/h2,4-6,8-9,14H,1,3,7,10H2/p+1/t14-/m1/s1.